The maximum absolute atomic E-state index is 12.9. The van der Waals surface area contributed by atoms with Gasteiger partial charge in [0, 0.05) is 53.8 Å². The number of rotatable bonds is 4. The van der Waals surface area contributed by atoms with Crippen LogP contribution in [0.3, 0.4) is 0 Å². The number of hydrogen-bond donors (Lipinski definition) is 0. The van der Waals surface area contributed by atoms with Crippen LogP contribution in [-0.2, 0) is 4.79 Å². The predicted octanol–water partition coefficient (Wildman–Crippen LogP) is 6.52. The molecule has 2 saturated heterocycles. The molecule has 2 heterocycles. The molecule has 176 valence electrons. The van der Waals surface area contributed by atoms with Gasteiger partial charge in [-0.15, -0.1) is 11.6 Å². The number of para-hydroxylation sites is 1. The minimum Gasteiger partial charge on any atom is -0.368 e. The highest BCUT2D eigenvalue weighted by atomic mass is 35.5. The maximum Gasteiger partial charge on any atom is 0.248 e. The molecule has 4 aromatic carbocycles. The van der Waals surface area contributed by atoms with E-state index in [0.717, 1.165) is 48.5 Å². The molecule has 2 atom stereocenters. The number of anilines is 3. The van der Waals surface area contributed by atoms with Crippen molar-refractivity contribution in [2.75, 3.05) is 40.9 Å². The summed E-state index contributed by atoms with van der Waals surface area (Å²) in [4.78, 5) is 19.6. The largest absolute Gasteiger partial charge is 0.368 e. The van der Waals surface area contributed by atoms with Crippen molar-refractivity contribution in [3.05, 3.63) is 102 Å². The lowest BCUT2D eigenvalue weighted by molar-refractivity contribution is -0.123. The zero-order valence-electron chi connectivity index (χ0n) is 19.1. The number of halogens is 2. The number of carbonyl (C=O) groups excluding carboxylic acids is 1. The number of amides is 1. The normalized spacial score (nSPS) is 20.3. The van der Waals surface area contributed by atoms with E-state index in [1.807, 2.05) is 35.2 Å². The quantitative estimate of drug-likeness (QED) is 0.235. The molecule has 0 bridgehead atoms. The Morgan fingerprint density at radius 2 is 1.29 bits per heavy atom. The molecule has 0 spiro atoms. The number of fused-ring (bicyclic) bond motifs is 1. The van der Waals surface area contributed by atoms with E-state index in [-0.39, 0.29) is 11.9 Å². The molecule has 4 nitrogen and oxygen atoms in total. The van der Waals surface area contributed by atoms with Gasteiger partial charge in [0.05, 0.1) is 6.04 Å². The van der Waals surface area contributed by atoms with Crippen LogP contribution in [0.1, 0.15) is 11.6 Å². The van der Waals surface area contributed by atoms with Crippen molar-refractivity contribution >= 4 is 56.9 Å². The van der Waals surface area contributed by atoms with Gasteiger partial charge in [0.2, 0.25) is 5.91 Å². The van der Waals surface area contributed by atoms with Crippen LogP contribution in [-0.4, -0.2) is 37.5 Å². The third-order valence-electron chi connectivity index (χ3n) is 7.09. The molecule has 2 aliphatic rings. The van der Waals surface area contributed by atoms with Gasteiger partial charge in [0.15, 0.2) is 0 Å². The van der Waals surface area contributed by atoms with Crippen molar-refractivity contribution in [2.45, 2.75) is 11.4 Å². The second-order valence-electron chi connectivity index (χ2n) is 9.10. The fourth-order valence-corrected chi connectivity index (χ4v) is 5.72. The molecule has 6 heteroatoms. The third-order valence-corrected chi connectivity index (χ3v) is 7.77. The third kappa shape index (κ3) is 4.01. The number of benzene rings is 4. The number of hydrogen-bond acceptors (Lipinski definition) is 3. The van der Waals surface area contributed by atoms with Crippen LogP contribution in [0.2, 0.25) is 5.02 Å². The maximum atomic E-state index is 12.9. The molecule has 0 unspecified atom stereocenters. The highest BCUT2D eigenvalue weighted by molar-refractivity contribution is 6.37. The second-order valence-corrected chi connectivity index (χ2v) is 10.0. The van der Waals surface area contributed by atoms with Crippen molar-refractivity contribution in [2.24, 2.45) is 0 Å². The Bertz CT molecular complexity index is 1370. The van der Waals surface area contributed by atoms with Crippen LogP contribution in [0.25, 0.3) is 10.8 Å². The molecule has 35 heavy (non-hydrogen) atoms. The molecule has 6 rings (SSSR count). The van der Waals surface area contributed by atoms with Crippen LogP contribution < -0.4 is 14.7 Å². The standard InChI is InChI=1S/C29H25Cl2N3O/c30-22-10-12-24(13-11-22)34-28(27(31)29(34)35)25-18-20-6-4-5-7-21(20)19-26(25)33-16-14-32(15-17-33)23-8-2-1-3-9-23/h1-13,18-19,27-28H,14-17H2/t27-,28-/m1/s1. The first-order valence-electron chi connectivity index (χ1n) is 11.9. The van der Waals surface area contributed by atoms with E-state index in [1.54, 1.807) is 0 Å². The second kappa shape index (κ2) is 9.10. The average Bonchev–Trinajstić information content (AvgIpc) is 2.92. The lowest BCUT2D eigenvalue weighted by Gasteiger charge is -2.47. The molecular weight excluding hydrogens is 477 g/mol. The van der Waals surface area contributed by atoms with E-state index in [0.29, 0.717) is 5.02 Å². The van der Waals surface area contributed by atoms with E-state index in [4.69, 9.17) is 23.2 Å². The summed E-state index contributed by atoms with van der Waals surface area (Å²) in [6.45, 7) is 3.67. The number of carbonyl (C=O) groups is 1. The van der Waals surface area contributed by atoms with Gasteiger partial charge in [-0.1, -0.05) is 54.1 Å². The van der Waals surface area contributed by atoms with E-state index >= 15 is 0 Å². The Morgan fingerprint density at radius 1 is 0.686 bits per heavy atom. The molecule has 0 saturated carbocycles. The van der Waals surface area contributed by atoms with Crippen LogP contribution in [0.5, 0.6) is 0 Å². The van der Waals surface area contributed by atoms with Gasteiger partial charge in [-0.3, -0.25) is 4.79 Å². The average molecular weight is 502 g/mol. The molecule has 2 aliphatic heterocycles. The Hall–Kier alpha value is -3.21. The van der Waals surface area contributed by atoms with Crippen LogP contribution >= 0.6 is 23.2 Å². The van der Waals surface area contributed by atoms with Crippen LogP contribution in [0, 0.1) is 0 Å². The lowest BCUT2D eigenvalue weighted by Crippen LogP contribution is -2.57. The molecule has 0 aromatic heterocycles. The number of β-lactam (4-membered cyclic amide) rings is 1. The van der Waals surface area contributed by atoms with E-state index in [9.17, 15) is 4.79 Å². The van der Waals surface area contributed by atoms with Crippen molar-refractivity contribution in [3.8, 4) is 0 Å². The monoisotopic (exact) mass is 501 g/mol. The van der Waals surface area contributed by atoms with Gasteiger partial charge < -0.3 is 14.7 Å². The molecule has 0 N–H and O–H groups in total. The molecule has 0 radical (unpaired) electrons. The first-order valence-corrected chi connectivity index (χ1v) is 12.7. The Balaban J connectivity index is 1.37. The molecule has 0 aliphatic carbocycles. The number of alkyl halides is 1. The Labute approximate surface area is 215 Å². The summed E-state index contributed by atoms with van der Waals surface area (Å²) < 4.78 is 0. The smallest absolute Gasteiger partial charge is 0.248 e. The van der Waals surface area contributed by atoms with Crippen molar-refractivity contribution in [3.63, 3.8) is 0 Å². The fourth-order valence-electron chi connectivity index (χ4n) is 5.24. The first-order chi connectivity index (χ1) is 17.1. The summed E-state index contributed by atoms with van der Waals surface area (Å²) in [5.74, 6) is -0.0769. The summed E-state index contributed by atoms with van der Waals surface area (Å²) in [6, 6.07) is 30.6. The highest BCUT2D eigenvalue weighted by Crippen LogP contribution is 2.46. The zero-order chi connectivity index (χ0) is 23.9. The fraction of sp³-hybridized carbons (Fsp3) is 0.207. The van der Waals surface area contributed by atoms with Gasteiger partial charge in [-0.2, -0.15) is 0 Å². The van der Waals surface area contributed by atoms with Crippen LogP contribution in [0.15, 0.2) is 91.0 Å². The zero-order valence-corrected chi connectivity index (χ0v) is 20.7. The van der Waals surface area contributed by atoms with Gasteiger partial charge >= 0.3 is 0 Å². The summed E-state index contributed by atoms with van der Waals surface area (Å²) in [7, 11) is 0. The first kappa shape index (κ1) is 22.3. The summed E-state index contributed by atoms with van der Waals surface area (Å²) in [5.41, 5.74) is 4.31. The Kier molecular flexibility index (Phi) is 5.79. The molecule has 4 aromatic rings. The topological polar surface area (TPSA) is 26.8 Å². The minimum atomic E-state index is -0.601. The van der Waals surface area contributed by atoms with E-state index < -0.39 is 5.38 Å². The summed E-state index contributed by atoms with van der Waals surface area (Å²) in [5, 5.41) is 2.37. The Morgan fingerprint density at radius 3 is 1.97 bits per heavy atom. The number of nitrogens with zero attached hydrogens (tertiary/aromatic N) is 3. The predicted molar refractivity (Wildman–Crippen MR) is 146 cm³/mol. The molecule has 2 fully saturated rings. The highest BCUT2D eigenvalue weighted by Gasteiger charge is 2.49. The van der Waals surface area contributed by atoms with Crippen molar-refractivity contribution < 1.29 is 4.79 Å². The van der Waals surface area contributed by atoms with Crippen molar-refractivity contribution in [1.82, 2.24) is 0 Å². The molecular formula is C29H25Cl2N3O. The van der Waals surface area contributed by atoms with Gasteiger partial charge in [-0.25, -0.2) is 0 Å². The lowest BCUT2D eigenvalue weighted by atomic mass is 9.88. The van der Waals surface area contributed by atoms with Crippen molar-refractivity contribution in [1.29, 1.82) is 0 Å². The SMILES string of the molecule is O=C1[C@H](Cl)[C@@H](c2cc3ccccc3cc2N2CCN(c3ccccc3)CC2)N1c1ccc(Cl)cc1. The van der Waals surface area contributed by atoms with Gasteiger partial charge in [0.25, 0.3) is 0 Å². The number of piperazine rings is 1. The summed E-state index contributed by atoms with van der Waals surface area (Å²) in [6.07, 6.45) is 0. The summed E-state index contributed by atoms with van der Waals surface area (Å²) >= 11 is 12.8. The van der Waals surface area contributed by atoms with Gasteiger partial charge in [0.1, 0.15) is 5.38 Å². The van der Waals surface area contributed by atoms with E-state index in [1.165, 1.54) is 11.1 Å². The van der Waals surface area contributed by atoms with E-state index in [2.05, 4.69) is 70.5 Å². The minimum absolute atomic E-state index is 0.0769. The molecule has 1 amide bonds. The van der Waals surface area contributed by atoms with Crippen LogP contribution in [0.4, 0.5) is 17.1 Å². The van der Waals surface area contributed by atoms with Gasteiger partial charge in [-0.05, 0) is 59.3 Å².